The van der Waals surface area contributed by atoms with Crippen LogP contribution in [-0.2, 0) is 6.42 Å². The van der Waals surface area contributed by atoms with Gasteiger partial charge in [0.2, 0.25) is 0 Å². The van der Waals surface area contributed by atoms with E-state index in [9.17, 15) is 0 Å². The summed E-state index contributed by atoms with van der Waals surface area (Å²) in [7, 11) is 0. The average Bonchev–Trinajstić information content (AvgIpc) is 3.04. The van der Waals surface area contributed by atoms with Gasteiger partial charge in [-0.25, -0.2) is 0 Å². The maximum atomic E-state index is 6.37. The van der Waals surface area contributed by atoms with E-state index in [1.54, 1.807) is 0 Å². The molecule has 1 aromatic rings. The number of nitrogens with two attached hydrogens (primary N) is 1. The Morgan fingerprint density at radius 1 is 1.47 bits per heavy atom. The number of hydrogen-bond donors (Lipinski definition) is 2. The standard InChI is InChI=1S/C13H18N2/c1-2-9-4-3-5-10-11(9)15-8-13(6-7-13)12(10)14/h3-5,12,15H,2,6-8,14H2,1H3. The Hall–Kier alpha value is -1.02. The van der Waals surface area contributed by atoms with Gasteiger partial charge in [-0.05, 0) is 30.4 Å². The van der Waals surface area contributed by atoms with Crippen molar-refractivity contribution < 1.29 is 0 Å². The number of benzene rings is 1. The Balaban J connectivity index is 2.08. The smallest absolute Gasteiger partial charge is 0.0421 e. The zero-order valence-electron chi connectivity index (χ0n) is 9.22. The minimum absolute atomic E-state index is 0.250. The van der Waals surface area contributed by atoms with Crippen molar-refractivity contribution in [3.05, 3.63) is 29.3 Å². The summed E-state index contributed by atoms with van der Waals surface area (Å²) in [4.78, 5) is 0. The third-order valence-corrected chi connectivity index (χ3v) is 4.07. The summed E-state index contributed by atoms with van der Waals surface area (Å²) < 4.78 is 0. The van der Waals surface area contributed by atoms with E-state index in [1.807, 2.05) is 0 Å². The molecule has 1 aliphatic heterocycles. The highest BCUT2D eigenvalue weighted by Crippen LogP contribution is 2.57. The van der Waals surface area contributed by atoms with Gasteiger partial charge < -0.3 is 11.1 Å². The molecule has 3 rings (SSSR count). The Labute approximate surface area is 90.9 Å². The maximum absolute atomic E-state index is 6.37. The summed E-state index contributed by atoms with van der Waals surface area (Å²) in [6, 6.07) is 6.77. The van der Waals surface area contributed by atoms with Crippen molar-refractivity contribution in [3.8, 4) is 0 Å². The minimum Gasteiger partial charge on any atom is -0.384 e. The quantitative estimate of drug-likeness (QED) is 0.734. The molecule has 1 aliphatic carbocycles. The monoisotopic (exact) mass is 202 g/mol. The van der Waals surface area contributed by atoms with Crippen LogP contribution >= 0.6 is 0 Å². The molecule has 80 valence electrons. The van der Waals surface area contributed by atoms with E-state index >= 15 is 0 Å². The van der Waals surface area contributed by atoms with Crippen molar-refractivity contribution in [2.24, 2.45) is 11.1 Å². The van der Waals surface area contributed by atoms with Crippen molar-refractivity contribution >= 4 is 5.69 Å². The molecule has 1 spiro atoms. The number of rotatable bonds is 1. The molecular formula is C13H18N2. The van der Waals surface area contributed by atoms with E-state index in [0.29, 0.717) is 5.41 Å². The topological polar surface area (TPSA) is 38.0 Å². The zero-order chi connectivity index (χ0) is 10.5. The van der Waals surface area contributed by atoms with E-state index in [1.165, 1.54) is 29.7 Å². The molecule has 2 heteroatoms. The molecule has 0 radical (unpaired) electrons. The van der Waals surface area contributed by atoms with Crippen molar-refractivity contribution in [3.63, 3.8) is 0 Å². The molecule has 1 saturated carbocycles. The van der Waals surface area contributed by atoms with Crippen molar-refractivity contribution in [1.29, 1.82) is 0 Å². The molecule has 0 bridgehead atoms. The fourth-order valence-corrected chi connectivity index (χ4v) is 2.74. The second kappa shape index (κ2) is 2.99. The molecule has 2 aliphatic rings. The van der Waals surface area contributed by atoms with Gasteiger partial charge >= 0.3 is 0 Å². The van der Waals surface area contributed by atoms with Crippen molar-refractivity contribution in [2.75, 3.05) is 11.9 Å². The fraction of sp³-hybridized carbons (Fsp3) is 0.538. The highest BCUT2D eigenvalue weighted by Gasteiger charge is 2.50. The van der Waals surface area contributed by atoms with E-state index in [0.717, 1.165) is 13.0 Å². The average molecular weight is 202 g/mol. The first-order valence-electron chi connectivity index (χ1n) is 5.88. The lowest BCUT2D eigenvalue weighted by molar-refractivity contribution is 0.417. The molecule has 1 heterocycles. The molecule has 1 fully saturated rings. The summed E-state index contributed by atoms with van der Waals surface area (Å²) in [5.74, 6) is 0. The summed E-state index contributed by atoms with van der Waals surface area (Å²) in [6.45, 7) is 3.27. The SMILES string of the molecule is CCc1cccc2c1NCC1(CC1)C2N. The third-order valence-electron chi connectivity index (χ3n) is 4.07. The summed E-state index contributed by atoms with van der Waals surface area (Å²) in [6.07, 6.45) is 3.66. The van der Waals surface area contributed by atoms with Crippen molar-refractivity contribution in [1.82, 2.24) is 0 Å². The summed E-state index contributed by atoms with van der Waals surface area (Å²) in [5.41, 5.74) is 10.8. The first kappa shape index (κ1) is 9.22. The summed E-state index contributed by atoms with van der Waals surface area (Å²) in [5, 5.41) is 3.59. The molecule has 15 heavy (non-hydrogen) atoms. The minimum atomic E-state index is 0.250. The predicted molar refractivity (Wildman–Crippen MR) is 62.9 cm³/mol. The maximum Gasteiger partial charge on any atom is 0.0421 e. The van der Waals surface area contributed by atoms with E-state index in [4.69, 9.17) is 5.73 Å². The van der Waals surface area contributed by atoms with Crippen LogP contribution in [0.15, 0.2) is 18.2 Å². The van der Waals surface area contributed by atoms with E-state index in [-0.39, 0.29) is 6.04 Å². The van der Waals surface area contributed by atoms with E-state index < -0.39 is 0 Å². The molecular weight excluding hydrogens is 184 g/mol. The van der Waals surface area contributed by atoms with Crippen LogP contribution < -0.4 is 11.1 Å². The van der Waals surface area contributed by atoms with Crippen LogP contribution in [0, 0.1) is 5.41 Å². The third kappa shape index (κ3) is 1.21. The first-order valence-corrected chi connectivity index (χ1v) is 5.88. The van der Waals surface area contributed by atoms with Crippen LogP contribution in [0.4, 0.5) is 5.69 Å². The Bertz CT molecular complexity index is 394. The van der Waals surface area contributed by atoms with Gasteiger partial charge in [-0.1, -0.05) is 25.1 Å². The fourth-order valence-electron chi connectivity index (χ4n) is 2.74. The van der Waals surface area contributed by atoms with Gasteiger partial charge in [0.25, 0.3) is 0 Å². The van der Waals surface area contributed by atoms with Crippen molar-refractivity contribution in [2.45, 2.75) is 32.2 Å². The number of hydrogen-bond acceptors (Lipinski definition) is 2. The number of para-hydroxylation sites is 1. The van der Waals surface area contributed by atoms with Gasteiger partial charge in [0.1, 0.15) is 0 Å². The Morgan fingerprint density at radius 2 is 2.27 bits per heavy atom. The molecule has 0 saturated heterocycles. The van der Waals surface area contributed by atoms with Gasteiger partial charge in [-0.15, -0.1) is 0 Å². The molecule has 1 aromatic carbocycles. The van der Waals surface area contributed by atoms with Gasteiger partial charge in [-0.2, -0.15) is 0 Å². The Kier molecular flexibility index (Phi) is 1.84. The largest absolute Gasteiger partial charge is 0.384 e. The molecule has 1 unspecified atom stereocenters. The number of aryl methyl sites for hydroxylation is 1. The first-order chi connectivity index (χ1) is 7.27. The lowest BCUT2D eigenvalue weighted by Gasteiger charge is -2.33. The van der Waals surface area contributed by atoms with E-state index in [2.05, 4.69) is 30.4 Å². The lowest BCUT2D eigenvalue weighted by atomic mass is 9.84. The van der Waals surface area contributed by atoms with Crippen LogP contribution in [0.25, 0.3) is 0 Å². The number of anilines is 1. The van der Waals surface area contributed by atoms with Crippen LogP contribution in [0.3, 0.4) is 0 Å². The molecule has 3 N–H and O–H groups in total. The normalized spacial score (nSPS) is 25.9. The van der Waals surface area contributed by atoms with Crippen LogP contribution in [-0.4, -0.2) is 6.54 Å². The molecule has 0 amide bonds. The van der Waals surface area contributed by atoms with Gasteiger partial charge in [0.15, 0.2) is 0 Å². The second-order valence-electron chi connectivity index (χ2n) is 4.93. The van der Waals surface area contributed by atoms with Crippen LogP contribution in [0.5, 0.6) is 0 Å². The number of fused-ring (bicyclic) bond motifs is 1. The van der Waals surface area contributed by atoms with Gasteiger partial charge in [-0.3, -0.25) is 0 Å². The lowest BCUT2D eigenvalue weighted by Crippen LogP contribution is -2.34. The number of nitrogens with one attached hydrogen (secondary N) is 1. The van der Waals surface area contributed by atoms with Gasteiger partial charge in [0, 0.05) is 23.7 Å². The highest BCUT2D eigenvalue weighted by atomic mass is 15.0. The molecule has 2 nitrogen and oxygen atoms in total. The van der Waals surface area contributed by atoms with Gasteiger partial charge in [0.05, 0.1) is 0 Å². The second-order valence-corrected chi connectivity index (χ2v) is 4.93. The highest BCUT2D eigenvalue weighted by molar-refractivity contribution is 5.62. The summed E-state index contributed by atoms with van der Waals surface area (Å²) >= 11 is 0. The Morgan fingerprint density at radius 3 is 2.93 bits per heavy atom. The molecule has 0 aromatic heterocycles. The molecule has 1 atom stereocenters. The zero-order valence-corrected chi connectivity index (χ0v) is 9.22. The van der Waals surface area contributed by atoms with Crippen LogP contribution in [0.2, 0.25) is 0 Å². The predicted octanol–water partition coefficient (Wildman–Crippen LogP) is 2.45. The van der Waals surface area contributed by atoms with Crippen LogP contribution in [0.1, 0.15) is 36.9 Å².